The normalized spacial score (nSPS) is 11.5. The number of benzene rings is 4. The van der Waals surface area contributed by atoms with Gasteiger partial charge in [0, 0.05) is 24.1 Å². The smallest absolute Gasteiger partial charge is 0.336 e. The fourth-order valence-corrected chi connectivity index (χ4v) is 5.58. The van der Waals surface area contributed by atoms with Crippen molar-refractivity contribution in [3.8, 4) is 28.2 Å². The van der Waals surface area contributed by atoms with Gasteiger partial charge in [0.1, 0.15) is 11.6 Å². The van der Waals surface area contributed by atoms with E-state index in [-0.39, 0.29) is 5.56 Å². The number of nitrogens with zero attached hydrogens (tertiary/aromatic N) is 4. The second-order valence-electron chi connectivity index (χ2n) is 9.74. The molecule has 0 aliphatic rings. The number of halogens is 1. The van der Waals surface area contributed by atoms with Crippen LogP contribution in [-0.4, -0.2) is 30.2 Å². The molecular formula is C32H27ClN4O2. The number of carbonyl (C=O) groups is 1. The van der Waals surface area contributed by atoms with E-state index in [2.05, 4.69) is 34.3 Å². The molecule has 6 nitrogen and oxygen atoms in total. The first kappa shape index (κ1) is 24.9. The van der Waals surface area contributed by atoms with Crippen LogP contribution < -0.4 is 0 Å². The van der Waals surface area contributed by atoms with Crippen LogP contribution in [0.3, 0.4) is 0 Å². The molecule has 39 heavy (non-hydrogen) atoms. The van der Waals surface area contributed by atoms with Gasteiger partial charge in [0.25, 0.3) is 0 Å². The highest BCUT2D eigenvalue weighted by atomic mass is 35.5. The molecule has 6 rings (SSSR count). The van der Waals surface area contributed by atoms with Gasteiger partial charge >= 0.3 is 5.97 Å². The Hall–Kier alpha value is -4.42. The summed E-state index contributed by atoms with van der Waals surface area (Å²) >= 11 is 6.23. The van der Waals surface area contributed by atoms with Crippen molar-refractivity contribution in [2.75, 3.05) is 0 Å². The van der Waals surface area contributed by atoms with Crippen molar-refractivity contribution in [3.05, 3.63) is 101 Å². The second kappa shape index (κ2) is 9.71. The van der Waals surface area contributed by atoms with E-state index < -0.39 is 5.97 Å². The van der Waals surface area contributed by atoms with Crippen molar-refractivity contribution in [3.63, 3.8) is 0 Å². The standard InChI is InChI=1S/C32H27ClN4O2/c1-4-8-30-34-25-15-13-20(31-35-26-18-21(33)14-16-28(26)36(31)3)17-29(25)37(30)27-12-7-11-22(19(27)2)23-9-5-6-10-24(23)32(38)39/h5-7,9-18H,4,8H2,1-3H3,(H,38,39). The quantitative estimate of drug-likeness (QED) is 0.236. The summed E-state index contributed by atoms with van der Waals surface area (Å²) in [6, 6.07) is 25.2. The number of imidazole rings is 2. The Labute approximate surface area is 231 Å². The first-order valence-electron chi connectivity index (χ1n) is 12.9. The van der Waals surface area contributed by atoms with E-state index in [1.54, 1.807) is 12.1 Å². The van der Waals surface area contributed by atoms with Crippen molar-refractivity contribution >= 4 is 39.6 Å². The zero-order valence-electron chi connectivity index (χ0n) is 21.9. The molecule has 6 aromatic rings. The minimum Gasteiger partial charge on any atom is -0.478 e. The Morgan fingerprint density at radius 3 is 2.49 bits per heavy atom. The van der Waals surface area contributed by atoms with Gasteiger partial charge < -0.3 is 9.67 Å². The molecule has 1 N–H and O–H groups in total. The van der Waals surface area contributed by atoms with Crippen LogP contribution in [0.2, 0.25) is 5.02 Å². The minimum atomic E-state index is -0.941. The van der Waals surface area contributed by atoms with Crippen molar-refractivity contribution in [2.24, 2.45) is 7.05 Å². The third kappa shape index (κ3) is 4.17. The van der Waals surface area contributed by atoms with Crippen molar-refractivity contribution < 1.29 is 9.90 Å². The zero-order valence-corrected chi connectivity index (χ0v) is 22.7. The molecule has 194 valence electrons. The molecule has 0 aliphatic heterocycles. The molecule has 0 aliphatic carbocycles. The van der Waals surface area contributed by atoms with Crippen LogP contribution in [0.25, 0.3) is 50.3 Å². The molecule has 0 spiro atoms. The number of aryl methyl sites for hydroxylation is 2. The van der Waals surface area contributed by atoms with Crippen molar-refractivity contribution in [2.45, 2.75) is 26.7 Å². The fourth-order valence-electron chi connectivity index (χ4n) is 5.42. The Kier molecular flexibility index (Phi) is 6.20. The number of carboxylic acid groups (broad SMARTS) is 1. The first-order chi connectivity index (χ1) is 18.9. The maximum absolute atomic E-state index is 12.0. The van der Waals surface area contributed by atoms with E-state index in [9.17, 15) is 9.90 Å². The number of aromatic nitrogens is 4. The van der Waals surface area contributed by atoms with Gasteiger partial charge in [0.05, 0.1) is 33.3 Å². The van der Waals surface area contributed by atoms with Crippen LogP contribution in [-0.2, 0) is 13.5 Å². The number of hydrogen-bond acceptors (Lipinski definition) is 3. The third-order valence-corrected chi connectivity index (χ3v) is 7.53. The average molecular weight is 535 g/mol. The Balaban J connectivity index is 1.58. The van der Waals surface area contributed by atoms with Gasteiger partial charge in [-0.3, -0.25) is 4.57 Å². The van der Waals surface area contributed by atoms with Crippen LogP contribution in [0.4, 0.5) is 0 Å². The number of fused-ring (bicyclic) bond motifs is 2. The number of hydrogen-bond donors (Lipinski definition) is 1. The van der Waals surface area contributed by atoms with E-state index in [4.69, 9.17) is 21.6 Å². The van der Waals surface area contributed by atoms with Crippen LogP contribution in [0, 0.1) is 6.92 Å². The van der Waals surface area contributed by atoms with Gasteiger partial charge in [-0.15, -0.1) is 0 Å². The van der Waals surface area contributed by atoms with Gasteiger partial charge in [-0.2, -0.15) is 0 Å². The van der Waals surface area contributed by atoms with E-state index in [1.165, 1.54) is 0 Å². The first-order valence-corrected chi connectivity index (χ1v) is 13.3. The maximum atomic E-state index is 12.0. The molecule has 0 saturated carbocycles. The Bertz CT molecular complexity index is 1900. The summed E-state index contributed by atoms with van der Waals surface area (Å²) in [7, 11) is 2.01. The highest BCUT2D eigenvalue weighted by Crippen LogP contribution is 2.34. The minimum absolute atomic E-state index is 0.284. The highest BCUT2D eigenvalue weighted by molar-refractivity contribution is 6.31. The van der Waals surface area contributed by atoms with Crippen LogP contribution in [0.5, 0.6) is 0 Å². The van der Waals surface area contributed by atoms with Crippen molar-refractivity contribution in [1.29, 1.82) is 0 Å². The molecule has 0 fully saturated rings. The largest absolute Gasteiger partial charge is 0.478 e. The molecule has 2 heterocycles. The van der Waals surface area contributed by atoms with E-state index in [0.717, 1.165) is 68.9 Å². The summed E-state index contributed by atoms with van der Waals surface area (Å²) in [6.45, 7) is 4.19. The number of aromatic carboxylic acids is 1. The predicted molar refractivity (Wildman–Crippen MR) is 157 cm³/mol. The van der Waals surface area contributed by atoms with Crippen molar-refractivity contribution in [1.82, 2.24) is 19.1 Å². The summed E-state index contributed by atoms with van der Waals surface area (Å²) in [5.41, 5.74) is 8.56. The van der Waals surface area contributed by atoms with Gasteiger partial charge in [-0.1, -0.05) is 48.9 Å². The Morgan fingerprint density at radius 2 is 1.69 bits per heavy atom. The monoisotopic (exact) mass is 534 g/mol. The third-order valence-electron chi connectivity index (χ3n) is 7.29. The van der Waals surface area contributed by atoms with Crippen LogP contribution >= 0.6 is 11.6 Å². The van der Waals surface area contributed by atoms with E-state index in [0.29, 0.717) is 10.6 Å². The lowest BCUT2D eigenvalue weighted by Crippen LogP contribution is -2.05. The van der Waals surface area contributed by atoms with Crippen LogP contribution in [0.15, 0.2) is 78.9 Å². The molecule has 0 atom stereocenters. The molecule has 0 unspecified atom stereocenters. The lowest BCUT2D eigenvalue weighted by Gasteiger charge is -2.17. The number of rotatable bonds is 6. The summed E-state index contributed by atoms with van der Waals surface area (Å²) in [4.78, 5) is 21.9. The summed E-state index contributed by atoms with van der Waals surface area (Å²) in [6.07, 6.45) is 1.76. The molecule has 0 radical (unpaired) electrons. The van der Waals surface area contributed by atoms with Gasteiger partial charge in [-0.05, 0) is 78.6 Å². The van der Waals surface area contributed by atoms with E-state index in [1.807, 2.05) is 62.5 Å². The molecule has 2 aromatic heterocycles. The van der Waals surface area contributed by atoms with Crippen LogP contribution in [0.1, 0.15) is 35.1 Å². The van der Waals surface area contributed by atoms with Gasteiger partial charge in [0.2, 0.25) is 0 Å². The molecular weight excluding hydrogens is 508 g/mol. The van der Waals surface area contributed by atoms with E-state index >= 15 is 0 Å². The lowest BCUT2D eigenvalue weighted by atomic mass is 9.95. The Morgan fingerprint density at radius 1 is 0.897 bits per heavy atom. The topological polar surface area (TPSA) is 72.9 Å². The van der Waals surface area contributed by atoms with Gasteiger partial charge in [0.15, 0.2) is 0 Å². The van der Waals surface area contributed by atoms with Gasteiger partial charge in [-0.25, -0.2) is 14.8 Å². The average Bonchev–Trinajstić information content (AvgIpc) is 3.45. The maximum Gasteiger partial charge on any atom is 0.336 e. The molecule has 0 amide bonds. The lowest BCUT2D eigenvalue weighted by molar-refractivity contribution is 0.0697. The SMILES string of the molecule is CCCc1nc2ccc(-c3nc4cc(Cl)ccc4n3C)cc2n1-c1cccc(-c2ccccc2C(=O)O)c1C. The summed E-state index contributed by atoms with van der Waals surface area (Å²) in [5, 5.41) is 10.5. The molecule has 0 saturated heterocycles. The second-order valence-corrected chi connectivity index (χ2v) is 10.2. The number of carboxylic acids is 1. The molecule has 7 heteroatoms. The fraction of sp³-hybridized carbons (Fsp3) is 0.156. The summed E-state index contributed by atoms with van der Waals surface area (Å²) < 4.78 is 4.29. The highest BCUT2D eigenvalue weighted by Gasteiger charge is 2.20. The summed E-state index contributed by atoms with van der Waals surface area (Å²) in [5.74, 6) is 0.872. The predicted octanol–water partition coefficient (Wildman–Crippen LogP) is 7.86. The zero-order chi connectivity index (χ0) is 27.3. The molecule has 4 aromatic carbocycles. The molecule has 0 bridgehead atoms.